The van der Waals surface area contributed by atoms with E-state index in [1.807, 2.05) is 19.1 Å². The molecule has 10 heteroatoms. The Morgan fingerprint density at radius 2 is 1.84 bits per heavy atom. The maximum atomic E-state index is 13.3. The van der Waals surface area contributed by atoms with Gasteiger partial charge in [0.05, 0.1) is 49.4 Å². The molecule has 0 fully saturated rings. The van der Waals surface area contributed by atoms with Crippen LogP contribution in [0.5, 0.6) is 17.2 Å². The third kappa shape index (κ3) is 6.10. The standard InChI is InChI=1S/C27H26N4O5S/c1-4-36-23-14-9-18(15-24(23)35-3)16-28-30-25(32)17-37-27-29-22-8-6-5-7-21(22)26(33)31(27)19-10-12-20(34-2)13-11-19/h5-16H,4,17H2,1-3H3,(H,30,32). The van der Waals surface area contributed by atoms with Crippen LogP contribution in [0.15, 0.2) is 81.8 Å². The van der Waals surface area contributed by atoms with Gasteiger partial charge in [0.25, 0.3) is 11.5 Å². The molecule has 0 saturated heterocycles. The normalized spacial score (nSPS) is 11.0. The molecule has 9 nitrogen and oxygen atoms in total. The number of methoxy groups -OCH3 is 2. The van der Waals surface area contributed by atoms with Crippen molar-refractivity contribution in [2.45, 2.75) is 12.1 Å². The van der Waals surface area contributed by atoms with Crippen molar-refractivity contribution in [2.75, 3.05) is 26.6 Å². The van der Waals surface area contributed by atoms with Gasteiger partial charge in [0.15, 0.2) is 16.7 Å². The highest BCUT2D eigenvalue weighted by Gasteiger charge is 2.15. The molecule has 0 aliphatic rings. The second-order valence-electron chi connectivity index (χ2n) is 7.68. The summed E-state index contributed by atoms with van der Waals surface area (Å²) >= 11 is 1.15. The average molecular weight is 519 g/mol. The van der Waals surface area contributed by atoms with Crippen molar-refractivity contribution in [1.29, 1.82) is 0 Å². The van der Waals surface area contributed by atoms with Gasteiger partial charge < -0.3 is 14.2 Å². The Kier molecular flexibility index (Phi) is 8.42. The summed E-state index contributed by atoms with van der Waals surface area (Å²) < 4.78 is 17.6. The quantitative estimate of drug-likeness (QED) is 0.146. The van der Waals surface area contributed by atoms with Gasteiger partial charge in [-0.1, -0.05) is 23.9 Å². The van der Waals surface area contributed by atoms with Crippen LogP contribution < -0.4 is 25.2 Å². The molecule has 1 amide bonds. The fourth-order valence-electron chi connectivity index (χ4n) is 3.55. The van der Waals surface area contributed by atoms with E-state index in [1.165, 1.54) is 10.8 Å². The van der Waals surface area contributed by atoms with Crippen molar-refractivity contribution in [2.24, 2.45) is 5.10 Å². The van der Waals surface area contributed by atoms with Gasteiger partial charge in [0, 0.05) is 0 Å². The molecule has 0 aliphatic heterocycles. The van der Waals surface area contributed by atoms with Gasteiger partial charge in [0.1, 0.15) is 5.75 Å². The Hall–Kier alpha value is -4.31. The van der Waals surface area contributed by atoms with Gasteiger partial charge in [-0.2, -0.15) is 5.10 Å². The van der Waals surface area contributed by atoms with E-state index < -0.39 is 0 Å². The third-order valence-corrected chi connectivity index (χ3v) is 6.24. The summed E-state index contributed by atoms with van der Waals surface area (Å²) in [4.78, 5) is 30.5. The lowest BCUT2D eigenvalue weighted by Crippen LogP contribution is -2.24. The number of para-hydroxylation sites is 1. The van der Waals surface area contributed by atoms with E-state index in [0.717, 1.165) is 17.3 Å². The van der Waals surface area contributed by atoms with Crippen LogP contribution in [-0.2, 0) is 4.79 Å². The van der Waals surface area contributed by atoms with Crippen LogP contribution in [0, 0.1) is 0 Å². The topological polar surface area (TPSA) is 104 Å². The smallest absolute Gasteiger partial charge is 0.266 e. The molecule has 3 aromatic carbocycles. The molecule has 0 radical (unpaired) electrons. The van der Waals surface area contributed by atoms with Crippen LogP contribution in [0.3, 0.4) is 0 Å². The number of carbonyl (C=O) groups excluding carboxylic acids is 1. The summed E-state index contributed by atoms with van der Waals surface area (Å²) in [7, 11) is 3.14. The summed E-state index contributed by atoms with van der Waals surface area (Å²) in [6.45, 7) is 2.42. The van der Waals surface area contributed by atoms with Gasteiger partial charge in [-0.25, -0.2) is 10.4 Å². The molecule has 190 valence electrons. The van der Waals surface area contributed by atoms with Gasteiger partial charge in [-0.05, 0) is 67.1 Å². The Morgan fingerprint density at radius 1 is 1.05 bits per heavy atom. The van der Waals surface area contributed by atoms with Crippen LogP contribution in [0.25, 0.3) is 16.6 Å². The first-order valence-electron chi connectivity index (χ1n) is 11.5. The molecule has 4 aromatic rings. The summed E-state index contributed by atoms with van der Waals surface area (Å²) in [5, 5.41) is 4.92. The van der Waals surface area contributed by atoms with E-state index in [2.05, 4.69) is 15.5 Å². The largest absolute Gasteiger partial charge is 0.497 e. The van der Waals surface area contributed by atoms with E-state index in [0.29, 0.717) is 45.6 Å². The van der Waals surface area contributed by atoms with E-state index in [9.17, 15) is 9.59 Å². The number of rotatable bonds is 10. The van der Waals surface area contributed by atoms with Crippen molar-refractivity contribution in [3.63, 3.8) is 0 Å². The minimum absolute atomic E-state index is 0.00484. The zero-order chi connectivity index (χ0) is 26.2. The number of nitrogens with one attached hydrogen (secondary N) is 1. The average Bonchev–Trinajstić information content (AvgIpc) is 2.93. The first-order chi connectivity index (χ1) is 18.0. The van der Waals surface area contributed by atoms with Crippen molar-refractivity contribution < 1.29 is 19.0 Å². The molecule has 1 heterocycles. The molecule has 0 bridgehead atoms. The molecule has 4 rings (SSSR count). The molecule has 0 atom stereocenters. The van der Waals surface area contributed by atoms with Gasteiger partial charge >= 0.3 is 0 Å². The molecule has 1 N–H and O–H groups in total. The second-order valence-corrected chi connectivity index (χ2v) is 8.62. The van der Waals surface area contributed by atoms with Crippen LogP contribution in [0.1, 0.15) is 12.5 Å². The lowest BCUT2D eigenvalue weighted by molar-refractivity contribution is -0.118. The van der Waals surface area contributed by atoms with Gasteiger partial charge in [-0.3, -0.25) is 14.2 Å². The highest BCUT2D eigenvalue weighted by Crippen LogP contribution is 2.27. The SMILES string of the molecule is CCOc1ccc(C=NNC(=O)CSc2nc3ccccc3c(=O)n2-c2ccc(OC)cc2)cc1OC. The minimum Gasteiger partial charge on any atom is -0.497 e. The molecule has 0 aliphatic carbocycles. The molecule has 1 aromatic heterocycles. The molecule has 0 unspecified atom stereocenters. The van der Waals surface area contributed by atoms with E-state index in [1.54, 1.807) is 68.8 Å². The van der Waals surface area contributed by atoms with E-state index in [-0.39, 0.29) is 17.2 Å². The predicted octanol–water partition coefficient (Wildman–Crippen LogP) is 4.04. The Labute approximate surface area is 218 Å². The predicted molar refractivity (Wildman–Crippen MR) is 145 cm³/mol. The van der Waals surface area contributed by atoms with E-state index >= 15 is 0 Å². The van der Waals surface area contributed by atoms with Gasteiger partial charge in [0.2, 0.25) is 0 Å². The van der Waals surface area contributed by atoms with Crippen molar-refractivity contribution in [3.8, 4) is 22.9 Å². The molecule has 0 spiro atoms. The number of hydrogen-bond donors (Lipinski definition) is 1. The number of hydrazone groups is 1. The summed E-state index contributed by atoms with van der Waals surface area (Å²) in [5.41, 5.74) is 4.20. The van der Waals surface area contributed by atoms with Crippen LogP contribution >= 0.6 is 11.8 Å². The number of nitrogens with zero attached hydrogens (tertiary/aromatic N) is 3. The number of benzene rings is 3. The fourth-order valence-corrected chi connectivity index (χ4v) is 4.35. The zero-order valence-electron chi connectivity index (χ0n) is 20.6. The summed E-state index contributed by atoms with van der Waals surface area (Å²) in [6, 6.07) is 19.6. The second kappa shape index (κ2) is 12.1. The van der Waals surface area contributed by atoms with Gasteiger partial charge in [-0.15, -0.1) is 0 Å². The number of ether oxygens (including phenoxy) is 3. The maximum Gasteiger partial charge on any atom is 0.266 e. The van der Waals surface area contributed by atoms with Crippen LogP contribution in [0.2, 0.25) is 0 Å². The monoisotopic (exact) mass is 518 g/mol. The number of thioether (sulfide) groups is 1. The van der Waals surface area contributed by atoms with Crippen LogP contribution in [0.4, 0.5) is 0 Å². The highest BCUT2D eigenvalue weighted by atomic mass is 32.2. The highest BCUT2D eigenvalue weighted by molar-refractivity contribution is 7.99. The molecule has 0 saturated carbocycles. The maximum absolute atomic E-state index is 13.3. The molecular weight excluding hydrogens is 492 g/mol. The Balaban J connectivity index is 1.51. The number of hydrogen-bond acceptors (Lipinski definition) is 8. The number of aromatic nitrogens is 2. The molecule has 37 heavy (non-hydrogen) atoms. The van der Waals surface area contributed by atoms with Crippen LogP contribution in [-0.4, -0.2) is 48.3 Å². The number of amides is 1. The Morgan fingerprint density at radius 3 is 2.57 bits per heavy atom. The van der Waals surface area contributed by atoms with Crippen molar-refractivity contribution in [3.05, 3.63) is 82.6 Å². The lowest BCUT2D eigenvalue weighted by Gasteiger charge is -2.13. The van der Waals surface area contributed by atoms with Crippen molar-refractivity contribution in [1.82, 2.24) is 15.0 Å². The first kappa shape index (κ1) is 25.8. The first-order valence-corrected chi connectivity index (χ1v) is 12.4. The minimum atomic E-state index is -0.345. The zero-order valence-corrected chi connectivity index (χ0v) is 21.5. The van der Waals surface area contributed by atoms with Crippen molar-refractivity contribution >= 4 is 34.8 Å². The van der Waals surface area contributed by atoms with E-state index in [4.69, 9.17) is 14.2 Å². The summed E-state index contributed by atoms with van der Waals surface area (Å²) in [5.74, 6) is 1.54. The molecular formula is C27H26N4O5S. The fraction of sp³-hybridized carbons (Fsp3) is 0.185. The number of carbonyl (C=O) groups is 1. The lowest BCUT2D eigenvalue weighted by atomic mass is 10.2. The number of fused-ring (bicyclic) bond motifs is 1. The summed E-state index contributed by atoms with van der Waals surface area (Å²) in [6.07, 6.45) is 1.52. The Bertz CT molecular complexity index is 1480. The third-order valence-electron chi connectivity index (χ3n) is 5.30.